The van der Waals surface area contributed by atoms with Crippen molar-refractivity contribution in [2.24, 2.45) is 0 Å². The van der Waals surface area contributed by atoms with Gasteiger partial charge in [-0.25, -0.2) is 9.97 Å². The zero-order chi connectivity index (χ0) is 35.1. The summed E-state index contributed by atoms with van der Waals surface area (Å²) in [6.07, 6.45) is 0. The number of nitrogens with zero attached hydrogens (tertiary/aromatic N) is 2. The van der Waals surface area contributed by atoms with Gasteiger partial charge in [0.1, 0.15) is 4.83 Å². The first kappa shape index (κ1) is 31.1. The summed E-state index contributed by atoms with van der Waals surface area (Å²) in [4.78, 5) is 11.6. The molecule has 0 aliphatic carbocycles. The van der Waals surface area contributed by atoms with Crippen LogP contribution in [0.5, 0.6) is 0 Å². The van der Waals surface area contributed by atoms with Crippen LogP contribution in [-0.4, -0.2) is 9.97 Å². The molecule has 0 saturated carbocycles. The highest BCUT2D eigenvalue weighted by Crippen LogP contribution is 2.43. The minimum absolute atomic E-state index is 0.730. The minimum Gasteiger partial charge on any atom is -0.227 e. The zero-order valence-corrected chi connectivity index (χ0v) is 29.6. The molecule has 10 aromatic rings. The number of benzene rings is 8. The maximum absolute atomic E-state index is 5.32. The topological polar surface area (TPSA) is 25.8 Å². The largest absolute Gasteiger partial charge is 0.227 e. The predicted octanol–water partition coefficient (Wildman–Crippen LogP) is 14.0. The third-order valence-corrected chi connectivity index (χ3v) is 11.2. The second-order valence-corrected chi connectivity index (χ2v) is 14.4. The van der Waals surface area contributed by atoms with E-state index in [1.807, 2.05) is 0 Å². The molecule has 0 aliphatic rings. The average Bonchev–Trinajstić information content (AvgIpc) is 3.63. The Morgan fingerprint density at radius 3 is 1.43 bits per heavy atom. The van der Waals surface area contributed by atoms with Crippen LogP contribution in [0.4, 0.5) is 0 Å². The number of fused-ring (bicyclic) bond motifs is 5. The lowest BCUT2D eigenvalue weighted by Crippen LogP contribution is -1.94. The number of hydrogen-bond acceptors (Lipinski definition) is 3. The molecule has 0 unspecified atom stereocenters. The lowest BCUT2D eigenvalue weighted by atomic mass is 9.92. The first-order valence-electron chi connectivity index (χ1n) is 17.9. The van der Waals surface area contributed by atoms with E-state index < -0.39 is 0 Å². The fourth-order valence-corrected chi connectivity index (χ4v) is 8.65. The van der Waals surface area contributed by atoms with E-state index in [4.69, 9.17) is 9.97 Å². The highest BCUT2D eigenvalue weighted by atomic mass is 32.1. The van der Waals surface area contributed by atoms with Crippen molar-refractivity contribution in [2.45, 2.75) is 0 Å². The summed E-state index contributed by atoms with van der Waals surface area (Å²) in [6.45, 7) is 0. The molecular weight excluding hydrogens is 661 g/mol. The van der Waals surface area contributed by atoms with E-state index in [0.717, 1.165) is 44.0 Å². The molecule has 0 radical (unpaired) electrons. The number of aromatic nitrogens is 2. The van der Waals surface area contributed by atoms with Crippen molar-refractivity contribution < 1.29 is 0 Å². The first-order valence-corrected chi connectivity index (χ1v) is 18.7. The van der Waals surface area contributed by atoms with Crippen LogP contribution >= 0.6 is 11.3 Å². The molecule has 0 atom stereocenters. The van der Waals surface area contributed by atoms with Crippen molar-refractivity contribution in [1.29, 1.82) is 0 Å². The van der Waals surface area contributed by atoms with Gasteiger partial charge in [-0.15, -0.1) is 11.3 Å². The van der Waals surface area contributed by atoms with Crippen molar-refractivity contribution in [3.63, 3.8) is 0 Å². The van der Waals surface area contributed by atoms with Crippen LogP contribution in [0.15, 0.2) is 194 Å². The van der Waals surface area contributed by atoms with Gasteiger partial charge < -0.3 is 0 Å². The quantitative estimate of drug-likeness (QED) is 0.173. The van der Waals surface area contributed by atoms with Gasteiger partial charge in [-0.05, 0) is 85.6 Å². The summed E-state index contributed by atoms with van der Waals surface area (Å²) in [7, 11) is 0. The molecule has 10 rings (SSSR count). The molecule has 2 nitrogen and oxygen atoms in total. The molecule has 0 fully saturated rings. The molecule has 3 heteroatoms. The van der Waals surface area contributed by atoms with Crippen molar-refractivity contribution in [3.8, 4) is 67.2 Å². The van der Waals surface area contributed by atoms with Gasteiger partial charge in [-0.3, -0.25) is 0 Å². The van der Waals surface area contributed by atoms with Crippen LogP contribution in [0.2, 0.25) is 0 Å². The SMILES string of the molecule is c1ccc(-c2cc(-c3ccccc3)cc(-c3cccc(-c4cccc(-c5nc(-c6ccccc6)c6c(n5)sc5c7ccccc7ccc56)c4)c3)c2)cc1. The zero-order valence-electron chi connectivity index (χ0n) is 28.8. The summed E-state index contributed by atoms with van der Waals surface area (Å²) in [5.74, 6) is 0.730. The van der Waals surface area contributed by atoms with Gasteiger partial charge >= 0.3 is 0 Å². The maximum atomic E-state index is 5.32. The Bertz CT molecular complexity index is 2870. The normalized spacial score (nSPS) is 11.4. The average molecular weight is 693 g/mol. The molecule has 0 spiro atoms. The van der Waals surface area contributed by atoms with Crippen LogP contribution in [-0.2, 0) is 0 Å². The van der Waals surface area contributed by atoms with Gasteiger partial charge in [0, 0.05) is 26.6 Å². The monoisotopic (exact) mass is 692 g/mol. The van der Waals surface area contributed by atoms with E-state index in [9.17, 15) is 0 Å². The fourth-order valence-electron chi connectivity index (χ4n) is 7.44. The molecule has 53 heavy (non-hydrogen) atoms. The fraction of sp³-hybridized carbons (Fsp3) is 0. The maximum Gasteiger partial charge on any atom is 0.161 e. The van der Waals surface area contributed by atoms with E-state index in [1.54, 1.807) is 11.3 Å². The van der Waals surface area contributed by atoms with Gasteiger partial charge in [0.2, 0.25) is 0 Å². The van der Waals surface area contributed by atoms with Gasteiger partial charge in [0.15, 0.2) is 5.82 Å². The molecule has 2 heterocycles. The van der Waals surface area contributed by atoms with Gasteiger partial charge in [-0.2, -0.15) is 0 Å². The second kappa shape index (κ2) is 13.1. The number of hydrogen-bond donors (Lipinski definition) is 0. The molecule has 0 amide bonds. The van der Waals surface area contributed by atoms with Crippen LogP contribution in [0.1, 0.15) is 0 Å². The molecular formula is C50H32N2S. The molecule has 0 N–H and O–H groups in total. The van der Waals surface area contributed by atoms with Crippen LogP contribution in [0.25, 0.3) is 98.2 Å². The highest BCUT2D eigenvalue weighted by molar-refractivity contribution is 7.26. The Labute approximate surface area is 312 Å². The van der Waals surface area contributed by atoms with E-state index in [1.165, 1.54) is 54.2 Å². The van der Waals surface area contributed by atoms with Crippen molar-refractivity contribution in [1.82, 2.24) is 9.97 Å². The van der Waals surface area contributed by atoms with E-state index >= 15 is 0 Å². The van der Waals surface area contributed by atoms with Gasteiger partial charge in [-0.1, -0.05) is 164 Å². The summed E-state index contributed by atoms with van der Waals surface area (Å²) in [6, 6.07) is 69.2. The summed E-state index contributed by atoms with van der Waals surface area (Å²) < 4.78 is 1.25. The van der Waals surface area contributed by atoms with Crippen molar-refractivity contribution in [3.05, 3.63) is 194 Å². The third-order valence-electron chi connectivity index (χ3n) is 10.1. The van der Waals surface area contributed by atoms with E-state index in [-0.39, 0.29) is 0 Å². The molecule has 8 aromatic carbocycles. The molecule has 248 valence electrons. The first-order chi connectivity index (χ1) is 26.2. The van der Waals surface area contributed by atoms with E-state index in [0.29, 0.717) is 0 Å². The summed E-state index contributed by atoms with van der Waals surface area (Å²) in [5.41, 5.74) is 12.5. The molecule has 0 saturated heterocycles. The summed E-state index contributed by atoms with van der Waals surface area (Å²) >= 11 is 1.76. The minimum atomic E-state index is 0.730. The van der Waals surface area contributed by atoms with Crippen LogP contribution in [0, 0.1) is 0 Å². The highest BCUT2D eigenvalue weighted by Gasteiger charge is 2.18. The Morgan fingerprint density at radius 1 is 0.321 bits per heavy atom. The standard InChI is InChI=1S/C50H32N2S/c1-4-14-33(15-5-1)41-30-42(34-16-6-2-7-17-34)32-43(31-41)39-23-12-21-37(28-39)38-22-13-24-40(29-38)49-51-47(36-19-8-3-9-20-36)46-45-27-26-35-18-10-11-25-44(35)48(45)53-50(46)52-49/h1-32H. The smallest absolute Gasteiger partial charge is 0.161 e. The second-order valence-electron chi connectivity index (χ2n) is 13.4. The van der Waals surface area contributed by atoms with E-state index in [2.05, 4.69) is 194 Å². The van der Waals surface area contributed by atoms with Gasteiger partial charge in [0.25, 0.3) is 0 Å². The molecule has 0 bridgehead atoms. The van der Waals surface area contributed by atoms with Gasteiger partial charge in [0.05, 0.1) is 5.69 Å². The molecule has 0 aliphatic heterocycles. The number of thiophene rings is 1. The third kappa shape index (κ3) is 5.78. The Balaban J connectivity index is 1.09. The number of rotatable bonds is 6. The summed E-state index contributed by atoms with van der Waals surface area (Å²) in [5, 5.41) is 4.80. The lowest BCUT2D eigenvalue weighted by molar-refractivity contribution is 1.24. The Kier molecular flexibility index (Phi) is 7.71. The lowest BCUT2D eigenvalue weighted by Gasteiger charge is -2.13. The Morgan fingerprint density at radius 2 is 0.792 bits per heavy atom. The van der Waals surface area contributed by atoms with Crippen molar-refractivity contribution >= 4 is 42.4 Å². The Hall–Kier alpha value is -6.68. The van der Waals surface area contributed by atoms with Crippen LogP contribution < -0.4 is 0 Å². The van der Waals surface area contributed by atoms with Crippen molar-refractivity contribution in [2.75, 3.05) is 0 Å². The molecule has 2 aromatic heterocycles. The van der Waals surface area contributed by atoms with Crippen LogP contribution in [0.3, 0.4) is 0 Å². The predicted molar refractivity (Wildman–Crippen MR) is 225 cm³/mol.